The third-order valence-corrected chi connectivity index (χ3v) is 6.60. The molecule has 176 valence electrons. The van der Waals surface area contributed by atoms with Gasteiger partial charge in [-0.2, -0.15) is 0 Å². The molecule has 0 bridgehead atoms. The highest BCUT2D eigenvalue weighted by atomic mass is 14.9. The fourth-order valence-corrected chi connectivity index (χ4v) is 4.38. The maximum Gasteiger partial charge on any atom is 0.0422 e. The van der Waals surface area contributed by atoms with Crippen molar-refractivity contribution >= 4 is 5.70 Å². The van der Waals surface area contributed by atoms with Gasteiger partial charge in [-0.25, -0.2) is 0 Å². The lowest BCUT2D eigenvalue weighted by Gasteiger charge is -2.21. The highest BCUT2D eigenvalue weighted by Crippen LogP contribution is 2.31. The SMILES string of the molecule is C=C(C)C1=C(C)CC=C1NC(=C)c1c(C)cccc1C.Cc1cc(C(C)(C)C)cc(C)c1C. The predicted molar refractivity (Wildman–Crippen MR) is 148 cm³/mol. The van der Waals surface area contributed by atoms with Gasteiger partial charge in [0.1, 0.15) is 0 Å². The van der Waals surface area contributed by atoms with Crippen LogP contribution in [-0.4, -0.2) is 0 Å². The van der Waals surface area contributed by atoms with Gasteiger partial charge >= 0.3 is 0 Å². The van der Waals surface area contributed by atoms with Crippen molar-refractivity contribution in [2.75, 3.05) is 0 Å². The zero-order valence-corrected chi connectivity index (χ0v) is 22.6. The summed E-state index contributed by atoms with van der Waals surface area (Å²) in [6, 6.07) is 10.9. The molecule has 33 heavy (non-hydrogen) atoms. The summed E-state index contributed by atoms with van der Waals surface area (Å²) in [5.41, 5.74) is 15.5. The Hall–Kier alpha value is -2.80. The maximum atomic E-state index is 4.22. The fraction of sp³-hybridized carbons (Fsp3) is 0.375. The van der Waals surface area contributed by atoms with E-state index in [-0.39, 0.29) is 5.41 Å². The highest BCUT2D eigenvalue weighted by molar-refractivity contribution is 5.71. The van der Waals surface area contributed by atoms with Gasteiger partial charge in [0.15, 0.2) is 0 Å². The molecule has 0 amide bonds. The fourth-order valence-electron chi connectivity index (χ4n) is 4.38. The van der Waals surface area contributed by atoms with E-state index in [1.807, 2.05) is 0 Å². The van der Waals surface area contributed by atoms with Crippen LogP contribution in [0.3, 0.4) is 0 Å². The zero-order chi connectivity index (χ0) is 25.1. The molecule has 3 rings (SSSR count). The summed E-state index contributed by atoms with van der Waals surface area (Å²) in [5, 5.41) is 3.49. The molecule has 0 aromatic heterocycles. The van der Waals surface area contributed by atoms with Gasteiger partial charge in [-0.1, -0.05) is 75.9 Å². The number of aryl methyl sites for hydroxylation is 4. The van der Waals surface area contributed by atoms with Crippen molar-refractivity contribution in [3.8, 4) is 0 Å². The van der Waals surface area contributed by atoms with Crippen molar-refractivity contribution < 1.29 is 0 Å². The summed E-state index contributed by atoms with van der Waals surface area (Å²) in [5.74, 6) is 0. The van der Waals surface area contributed by atoms with Crippen molar-refractivity contribution in [2.45, 2.75) is 81.1 Å². The third-order valence-electron chi connectivity index (χ3n) is 6.60. The number of hydrogen-bond donors (Lipinski definition) is 1. The van der Waals surface area contributed by atoms with E-state index in [9.17, 15) is 0 Å². The van der Waals surface area contributed by atoms with Crippen LogP contribution < -0.4 is 5.32 Å². The minimum atomic E-state index is 0.267. The van der Waals surface area contributed by atoms with Crippen LogP contribution in [0.15, 0.2) is 72.0 Å². The Bertz CT molecular complexity index is 1090. The van der Waals surface area contributed by atoms with E-state index >= 15 is 0 Å². The molecule has 0 saturated carbocycles. The Morgan fingerprint density at radius 1 is 0.848 bits per heavy atom. The van der Waals surface area contributed by atoms with Gasteiger partial charge in [0, 0.05) is 17.0 Å². The Morgan fingerprint density at radius 2 is 1.36 bits per heavy atom. The summed E-state index contributed by atoms with van der Waals surface area (Å²) in [4.78, 5) is 0. The number of allylic oxidation sites excluding steroid dienone is 3. The van der Waals surface area contributed by atoms with Gasteiger partial charge < -0.3 is 5.32 Å². The minimum Gasteiger partial charge on any atom is -0.355 e. The van der Waals surface area contributed by atoms with Crippen LogP contribution in [-0.2, 0) is 5.41 Å². The first kappa shape index (κ1) is 26.5. The molecule has 2 aromatic rings. The van der Waals surface area contributed by atoms with Crippen LogP contribution in [0.2, 0.25) is 0 Å². The van der Waals surface area contributed by atoms with Crippen molar-refractivity contribution in [3.63, 3.8) is 0 Å². The molecular weight excluding hydrogens is 398 g/mol. The van der Waals surface area contributed by atoms with E-state index in [1.165, 1.54) is 50.1 Å². The number of benzene rings is 2. The van der Waals surface area contributed by atoms with Gasteiger partial charge in [0.2, 0.25) is 0 Å². The standard InChI is InChI=1S/C19H23N.C13H20/c1-12(2)18-15(5)10-11-17(18)20-16(6)19-13(3)8-7-9-14(19)4;1-9-7-12(13(4,5)6)8-10(2)11(9)3/h7-9,11,20H,1,6,10H2,2-5H3;7-8H,1-6H3. The Labute approximate surface area is 203 Å². The second kappa shape index (κ2) is 10.4. The molecule has 1 heteroatoms. The number of nitrogens with one attached hydrogen (secondary N) is 1. The molecule has 1 aliphatic rings. The van der Waals surface area contributed by atoms with E-state index in [1.54, 1.807) is 0 Å². The molecule has 1 nitrogen and oxygen atoms in total. The normalized spacial score (nSPS) is 13.3. The number of hydrogen-bond acceptors (Lipinski definition) is 1. The molecule has 0 aliphatic heterocycles. The first-order chi connectivity index (χ1) is 15.2. The second-order valence-corrected chi connectivity index (χ2v) is 10.6. The molecule has 0 atom stereocenters. The molecular formula is C32H43N. The summed E-state index contributed by atoms with van der Waals surface area (Å²) in [6.45, 7) is 30.1. The van der Waals surface area contributed by atoms with Crippen LogP contribution in [0.4, 0.5) is 0 Å². The van der Waals surface area contributed by atoms with Crippen LogP contribution in [0, 0.1) is 34.6 Å². The van der Waals surface area contributed by atoms with Crippen LogP contribution in [0.5, 0.6) is 0 Å². The average molecular weight is 442 g/mol. The molecule has 2 aromatic carbocycles. The third kappa shape index (κ3) is 6.38. The van der Waals surface area contributed by atoms with Gasteiger partial charge in [0.25, 0.3) is 0 Å². The van der Waals surface area contributed by atoms with Crippen LogP contribution in [0.25, 0.3) is 5.70 Å². The molecule has 0 spiro atoms. The first-order valence-corrected chi connectivity index (χ1v) is 11.9. The molecule has 0 radical (unpaired) electrons. The van der Waals surface area contributed by atoms with Gasteiger partial charge in [-0.3, -0.25) is 0 Å². The van der Waals surface area contributed by atoms with Crippen molar-refractivity contribution in [1.82, 2.24) is 5.32 Å². The second-order valence-electron chi connectivity index (χ2n) is 10.6. The highest BCUT2D eigenvalue weighted by Gasteiger charge is 2.17. The van der Waals surface area contributed by atoms with Crippen LogP contribution >= 0.6 is 0 Å². The Morgan fingerprint density at radius 3 is 1.82 bits per heavy atom. The van der Waals surface area contributed by atoms with E-state index in [0.717, 1.165) is 23.4 Å². The minimum absolute atomic E-state index is 0.267. The van der Waals surface area contributed by atoms with Crippen molar-refractivity contribution in [2.24, 2.45) is 0 Å². The number of rotatable bonds is 4. The smallest absolute Gasteiger partial charge is 0.0422 e. The van der Waals surface area contributed by atoms with Crippen molar-refractivity contribution in [3.05, 3.63) is 111 Å². The van der Waals surface area contributed by atoms with E-state index in [0.29, 0.717) is 0 Å². The lowest BCUT2D eigenvalue weighted by molar-refractivity contribution is 0.589. The van der Waals surface area contributed by atoms with E-state index < -0.39 is 0 Å². The van der Waals surface area contributed by atoms with E-state index in [4.69, 9.17) is 0 Å². The molecule has 0 heterocycles. The van der Waals surface area contributed by atoms with Gasteiger partial charge in [0.05, 0.1) is 0 Å². The Kier molecular flexibility index (Phi) is 8.36. The van der Waals surface area contributed by atoms with Gasteiger partial charge in [-0.15, -0.1) is 0 Å². The molecule has 1 aliphatic carbocycles. The zero-order valence-electron chi connectivity index (χ0n) is 22.6. The average Bonchev–Trinajstić information content (AvgIpc) is 3.05. The lowest BCUT2D eigenvalue weighted by atomic mass is 9.84. The monoisotopic (exact) mass is 441 g/mol. The summed E-state index contributed by atoms with van der Waals surface area (Å²) >= 11 is 0. The summed E-state index contributed by atoms with van der Waals surface area (Å²) < 4.78 is 0. The quantitative estimate of drug-likeness (QED) is 0.499. The van der Waals surface area contributed by atoms with E-state index in [2.05, 4.69) is 124 Å². The largest absolute Gasteiger partial charge is 0.355 e. The van der Waals surface area contributed by atoms with Crippen molar-refractivity contribution in [1.29, 1.82) is 0 Å². The molecule has 0 unspecified atom stereocenters. The lowest BCUT2D eigenvalue weighted by Crippen LogP contribution is -2.14. The van der Waals surface area contributed by atoms with Gasteiger partial charge in [-0.05, 0) is 105 Å². The summed E-state index contributed by atoms with van der Waals surface area (Å²) in [6.07, 6.45) is 3.21. The molecule has 1 N–H and O–H groups in total. The molecule has 0 fully saturated rings. The van der Waals surface area contributed by atoms with Crippen LogP contribution in [0.1, 0.15) is 80.0 Å². The Balaban J connectivity index is 0.000000257. The summed E-state index contributed by atoms with van der Waals surface area (Å²) in [7, 11) is 0. The molecule has 0 saturated heterocycles. The first-order valence-electron chi connectivity index (χ1n) is 11.9. The predicted octanol–water partition coefficient (Wildman–Crippen LogP) is 8.95. The topological polar surface area (TPSA) is 12.0 Å². The maximum absolute atomic E-state index is 4.22.